The molecule has 0 aliphatic carbocycles. The van der Waals surface area contributed by atoms with Gasteiger partial charge < -0.3 is 15.2 Å². The number of halogens is 1. The summed E-state index contributed by atoms with van der Waals surface area (Å²) in [5, 5.41) is 12.3. The first-order chi connectivity index (χ1) is 13.9. The largest absolute Gasteiger partial charge is 0.462 e. The maximum absolute atomic E-state index is 12.4. The second kappa shape index (κ2) is 9.05. The van der Waals surface area contributed by atoms with Crippen molar-refractivity contribution in [1.29, 1.82) is 5.26 Å². The van der Waals surface area contributed by atoms with Gasteiger partial charge in [-0.05, 0) is 19.1 Å². The molecular formula is C19H14ClN3O4S2. The number of nitrogens with zero attached hydrogens (tertiary/aromatic N) is 2. The standard InChI is InChI=1S/C19H14ClN3O4S2/c1-2-26-19(25)15-13(12(7-21)16(22)29-15)8-27-18(24)14-9-28-17(23-14)10-3-5-11(20)6-4-10/h3-6,9H,2,8,22H2,1H3. The van der Waals surface area contributed by atoms with Crippen molar-refractivity contribution in [1.82, 2.24) is 4.98 Å². The lowest BCUT2D eigenvalue weighted by molar-refractivity contribution is 0.0448. The van der Waals surface area contributed by atoms with Crippen LogP contribution < -0.4 is 5.73 Å². The normalized spacial score (nSPS) is 10.4. The first-order valence-corrected chi connectivity index (χ1v) is 10.4. The summed E-state index contributed by atoms with van der Waals surface area (Å²) in [6, 6.07) is 9.01. The zero-order valence-electron chi connectivity index (χ0n) is 15.1. The molecule has 0 bridgehead atoms. The average molecular weight is 448 g/mol. The molecule has 0 aliphatic heterocycles. The van der Waals surface area contributed by atoms with Crippen LogP contribution in [-0.4, -0.2) is 23.5 Å². The monoisotopic (exact) mass is 447 g/mol. The van der Waals surface area contributed by atoms with Crippen molar-refractivity contribution < 1.29 is 19.1 Å². The van der Waals surface area contributed by atoms with Crippen molar-refractivity contribution in [2.75, 3.05) is 12.3 Å². The summed E-state index contributed by atoms with van der Waals surface area (Å²) in [6.45, 7) is 1.54. The molecule has 0 spiro atoms. The molecule has 2 N–H and O–H groups in total. The van der Waals surface area contributed by atoms with Crippen LogP contribution >= 0.6 is 34.3 Å². The Balaban J connectivity index is 1.77. The lowest BCUT2D eigenvalue weighted by atomic mass is 10.1. The van der Waals surface area contributed by atoms with Crippen molar-refractivity contribution in [3.63, 3.8) is 0 Å². The van der Waals surface area contributed by atoms with E-state index in [9.17, 15) is 14.9 Å². The Morgan fingerprint density at radius 1 is 1.24 bits per heavy atom. The number of rotatable bonds is 6. The predicted molar refractivity (Wildman–Crippen MR) is 111 cm³/mol. The molecule has 0 atom stereocenters. The van der Waals surface area contributed by atoms with E-state index in [-0.39, 0.29) is 39.9 Å². The van der Waals surface area contributed by atoms with E-state index in [0.29, 0.717) is 10.0 Å². The van der Waals surface area contributed by atoms with E-state index in [1.807, 2.05) is 6.07 Å². The van der Waals surface area contributed by atoms with Crippen LogP contribution in [0, 0.1) is 11.3 Å². The summed E-state index contributed by atoms with van der Waals surface area (Å²) in [6.07, 6.45) is 0. The van der Waals surface area contributed by atoms with Gasteiger partial charge in [0.1, 0.15) is 27.6 Å². The molecule has 29 heavy (non-hydrogen) atoms. The molecule has 3 aromatic rings. The summed E-state index contributed by atoms with van der Waals surface area (Å²) < 4.78 is 10.3. The van der Waals surface area contributed by atoms with E-state index in [1.54, 1.807) is 36.6 Å². The van der Waals surface area contributed by atoms with Gasteiger partial charge in [0.25, 0.3) is 0 Å². The molecule has 0 radical (unpaired) electrons. The molecule has 10 heteroatoms. The number of thiazole rings is 1. The number of hydrogen-bond acceptors (Lipinski definition) is 9. The van der Waals surface area contributed by atoms with E-state index < -0.39 is 11.9 Å². The Morgan fingerprint density at radius 3 is 2.62 bits per heavy atom. The number of anilines is 1. The Kier molecular flexibility index (Phi) is 6.49. The first-order valence-electron chi connectivity index (χ1n) is 8.31. The quantitative estimate of drug-likeness (QED) is 0.552. The Labute approximate surface area is 179 Å². The summed E-state index contributed by atoms with van der Waals surface area (Å²) in [4.78, 5) is 28.9. The number of esters is 2. The molecule has 148 valence electrons. The van der Waals surface area contributed by atoms with Crippen LogP contribution in [0.25, 0.3) is 10.6 Å². The number of hydrogen-bond donors (Lipinski definition) is 1. The fraction of sp³-hybridized carbons (Fsp3) is 0.158. The lowest BCUT2D eigenvalue weighted by Gasteiger charge is -2.05. The van der Waals surface area contributed by atoms with Gasteiger partial charge in [0.05, 0.1) is 12.2 Å². The fourth-order valence-corrected chi connectivity index (χ4v) is 4.25. The number of nitrogens with two attached hydrogens (primary N) is 1. The number of thiophene rings is 1. The van der Waals surface area contributed by atoms with Crippen LogP contribution in [0.1, 0.15) is 38.2 Å². The zero-order valence-corrected chi connectivity index (χ0v) is 17.5. The Morgan fingerprint density at radius 2 is 1.97 bits per heavy atom. The first kappa shape index (κ1) is 20.8. The second-order valence-corrected chi connectivity index (χ2v) is 7.95. The van der Waals surface area contributed by atoms with Gasteiger partial charge in [-0.15, -0.1) is 22.7 Å². The molecule has 0 unspecified atom stereocenters. The highest BCUT2D eigenvalue weighted by Crippen LogP contribution is 2.32. The maximum Gasteiger partial charge on any atom is 0.358 e. The van der Waals surface area contributed by atoms with E-state index in [0.717, 1.165) is 16.9 Å². The van der Waals surface area contributed by atoms with Gasteiger partial charge in [0.15, 0.2) is 5.69 Å². The highest BCUT2D eigenvalue weighted by atomic mass is 35.5. The molecule has 0 fully saturated rings. The third-order valence-electron chi connectivity index (χ3n) is 3.76. The maximum atomic E-state index is 12.4. The molecular weight excluding hydrogens is 434 g/mol. The van der Waals surface area contributed by atoms with E-state index in [4.69, 9.17) is 26.8 Å². The van der Waals surface area contributed by atoms with Crippen LogP contribution in [0.2, 0.25) is 5.02 Å². The molecule has 2 heterocycles. The molecule has 1 aromatic carbocycles. The van der Waals surface area contributed by atoms with Gasteiger partial charge in [0, 0.05) is 21.5 Å². The van der Waals surface area contributed by atoms with Crippen molar-refractivity contribution in [3.05, 3.63) is 56.4 Å². The summed E-state index contributed by atoms with van der Waals surface area (Å²) >= 11 is 8.09. The number of nitrogen functional groups attached to an aromatic ring is 1. The minimum absolute atomic E-state index is 0.103. The topological polar surface area (TPSA) is 115 Å². The van der Waals surface area contributed by atoms with Gasteiger partial charge >= 0.3 is 11.9 Å². The van der Waals surface area contributed by atoms with Crippen molar-refractivity contribution in [2.24, 2.45) is 0 Å². The van der Waals surface area contributed by atoms with Gasteiger partial charge in [0.2, 0.25) is 0 Å². The average Bonchev–Trinajstić information content (AvgIpc) is 3.31. The van der Waals surface area contributed by atoms with E-state index >= 15 is 0 Å². The minimum Gasteiger partial charge on any atom is -0.462 e. The summed E-state index contributed by atoms with van der Waals surface area (Å²) in [5.41, 5.74) is 7.09. The molecule has 3 rings (SSSR count). The summed E-state index contributed by atoms with van der Waals surface area (Å²) in [5.74, 6) is -1.29. The SMILES string of the molecule is CCOC(=O)c1sc(N)c(C#N)c1COC(=O)c1csc(-c2ccc(Cl)cc2)n1. The molecule has 2 aromatic heterocycles. The van der Waals surface area contributed by atoms with Gasteiger partial charge in [-0.2, -0.15) is 5.26 Å². The molecule has 0 saturated carbocycles. The smallest absolute Gasteiger partial charge is 0.358 e. The van der Waals surface area contributed by atoms with Crippen molar-refractivity contribution in [2.45, 2.75) is 13.5 Å². The number of aromatic nitrogens is 1. The van der Waals surface area contributed by atoms with Crippen LogP contribution in [-0.2, 0) is 16.1 Å². The minimum atomic E-state index is -0.676. The summed E-state index contributed by atoms with van der Waals surface area (Å²) in [7, 11) is 0. The van der Waals surface area contributed by atoms with Crippen LogP contribution in [0.5, 0.6) is 0 Å². The molecule has 7 nitrogen and oxygen atoms in total. The molecule has 0 saturated heterocycles. The van der Waals surface area contributed by atoms with Crippen molar-refractivity contribution in [3.8, 4) is 16.6 Å². The fourth-order valence-electron chi connectivity index (χ4n) is 2.41. The third-order valence-corrected chi connectivity index (χ3v) is 5.94. The Bertz CT molecular complexity index is 1100. The van der Waals surface area contributed by atoms with Gasteiger partial charge in [-0.1, -0.05) is 23.7 Å². The van der Waals surface area contributed by atoms with E-state index in [2.05, 4.69) is 4.98 Å². The lowest BCUT2D eigenvalue weighted by Crippen LogP contribution is -2.10. The number of ether oxygens (including phenoxy) is 2. The van der Waals surface area contributed by atoms with Crippen LogP contribution in [0.3, 0.4) is 0 Å². The molecule has 0 aliphatic rings. The van der Waals surface area contributed by atoms with E-state index in [1.165, 1.54) is 11.3 Å². The Hall–Kier alpha value is -2.93. The number of carbonyl (C=O) groups excluding carboxylic acids is 2. The second-order valence-electron chi connectivity index (χ2n) is 5.60. The van der Waals surface area contributed by atoms with Crippen molar-refractivity contribution >= 4 is 51.2 Å². The predicted octanol–water partition coefficient (Wildman–Crippen LogP) is 4.51. The van der Waals surface area contributed by atoms with Gasteiger partial charge in [-0.3, -0.25) is 0 Å². The van der Waals surface area contributed by atoms with Crippen LogP contribution in [0.4, 0.5) is 5.00 Å². The third kappa shape index (κ3) is 4.56. The molecule has 0 amide bonds. The highest BCUT2D eigenvalue weighted by molar-refractivity contribution is 7.18. The number of carbonyl (C=O) groups is 2. The zero-order chi connectivity index (χ0) is 21.0. The number of benzene rings is 1. The number of nitriles is 1. The van der Waals surface area contributed by atoms with Crippen LogP contribution in [0.15, 0.2) is 29.6 Å². The highest BCUT2D eigenvalue weighted by Gasteiger charge is 2.24. The van der Waals surface area contributed by atoms with Gasteiger partial charge in [-0.25, -0.2) is 14.6 Å².